The molecule has 0 radical (unpaired) electrons. The first kappa shape index (κ1) is 18.4. The fourth-order valence-corrected chi connectivity index (χ4v) is 3.45. The summed E-state index contributed by atoms with van der Waals surface area (Å²) in [6.07, 6.45) is 0.583. The van der Waals surface area contributed by atoms with Crippen molar-refractivity contribution < 1.29 is 18.3 Å². The van der Waals surface area contributed by atoms with Gasteiger partial charge in [0, 0.05) is 18.2 Å². The summed E-state index contributed by atoms with van der Waals surface area (Å²) in [4.78, 5) is 12.5. The molecule has 0 unspecified atom stereocenters. The second-order valence-corrected chi connectivity index (χ2v) is 7.20. The summed E-state index contributed by atoms with van der Waals surface area (Å²) in [5.74, 6) is -2.66. The monoisotopic (exact) mass is 388 g/mol. The molecule has 1 aliphatic carbocycles. The first-order chi connectivity index (χ1) is 10.8. The molecule has 1 aliphatic rings. The van der Waals surface area contributed by atoms with E-state index in [1.807, 2.05) is 32.0 Å². The lowest BCUT2D eigenvalue weighted by atomic mass is 9.79. The van der Waals surface area contributed by atoms with Crippen LogP contribution >= 0.6 is 15.9 Å². The average Bonchev–Trinajstić information content (AvgIpc) is 2.51. The summed E-state index contributed by atoms with van der Waals surface area (Å²) in [7, 11) is 0. The van der Waals surface area contributed by atoms with E-state index in [0.717, 1.165) is 11.1 Å². The molecule has 2 nitrogen and oxygen atoms in total. The smallest absolute Gasteiger partial charge is 0.338 e. The van der Waals surface area contributed by atoms with Crippen LogP contribution in [0.5, 0.6) is 0 Å². The van der Waals surface area contributed by atoms with Crippen molar-refractivity contribution in [3.05, 3.63) is 34.9 Å². The number of benzene rings is 1. The van der Waals surface area contributed by atoms with Crippen LogP contribution in [-0.2, 0) is 10.1 Å². The molecule has 0 saturated heterocycles. The molecule has 0 N–H and O–H groups in total. The normalized spacial score (nSPS) is 18.2. The Labute approximate surface area is 144 Å². The molecular formula is C18H23BrF2O2. The predicted octanol–water partition coefficient (Wildman–Crippen LogP) is 5.69. The molecule has 1 saturated carbocycles. The minimum atomic E-state index is -2.57. The molecule has 1 aromatic carbocycles. The van der Waals surface area contributed by atoms with Gasteiger partial charge in [-0.2, -0.15) is 0 Å². The number of halogens is 3. The van der Waals surface area contributed by atoms with Gasteiger partial charge < -0.3 is 4.74 Å². The minimum absolute atomic E-state index is 0.00442. The van der Waals surface area contributed by atoms with E-state index in [-0.39, 0.29) is 30.6 Å². The van der Waals surface area contributed by atoms with E-state index < -0.39 is 5.92 Å². The Bertz CT molecular complexity index is 548. The zero-order valence-electron chi connectivity index (χ0n) is 13.6. The predicted molar refractivity (Wildman–Crippen MR) is 90.3 cm³/mol. The third-order valence-electron chi connectivity index (χ3n) is 4.24. The van der Waals surface area contributed by atoms with Crippen molar-refractivity contribution in [1.82, 2.24) is 0 Å². The van der Waals surface area contributed by atoms with Crippen molar-refractivity contribution >= 4 is 21.9 Å². The summed E-state index contributed by atoms with van der Waals surface area (Å²) in [5.41, 5.74) is 2.26. The zero-order chi connectivity index (χ0) is 17.0. The fraction of sp³-hybridized carbons (Fsp3) is 0.611. The maximum absolute atomic E-state index is 13.4. The Morgan fingerprint density at radius 2 is 2.00 bits per heavy atom. The lowest BCUT2D eigenvalue weighted by Crippen LogP contribution is -2.25. The number of carbonyl (C=O) groups is 1. The van der Waals surface area contributed by atoms with Crippen molar-refractivity contribution in [2.24, 2.45) is 5.92 Å². The van der Waals surface area contributed by atoms with Crippen LogP contribution < -0.4 is 0 Å². The van der Waals surface area contributed by atoms with Gasteiger partial charge in [-0.1, -0.05) is 48.0 Å². The van der Waals surface area contributed by atoms with E-state index in [0.29, 0.717) is 30.3 Å². The van der Waals surface area contributed by atoms with Gasteiger partial charge in [-0.25, -0.2) is 13.6 Å². The lowest BCUT2D eigenvalue weighted by Gasteiger charge is -2.30. The second-order valence-electron chi connectivity index (χ2n) is 6.64. The van der Waals surface area contributed by atoms with Crippen LogP contribution in [-0.4, -0.2) is 18.5 Å². The van der Waals surface area contributed by atoms with Gasteiger partial charge in [-0.15, -0.1) is 0 Å². The number of esters is 1. The van der Waals surface area contributed by atoms with Crippen molar-refractivity contribution in [3.8, 4) is 0 Å². The topological polar surface area (TPSA) is 26.3 Å². The van der Waals surface area contributed by atoms with Gasteiger partial charge >= 0.3 is 5.97 Å². The van der Waals surface area contributed by atoms with E-state index >= 15 is 0 Å². The highest BCUT2D eigenvalue weighted by molar-refractivity contribution is 9.08. The third kappa shape index (κ3) is 4.75. The summed E-state index contributed by atoms with van der Waals surface area (Å²) < 4.78 is 32.2. The summed E-state index contributed by atoms with van der Waals surface area (Å²) in [5, 5.41) is 0.538. The summed E-state index contributed by atoms with van der Waals surface area (Å²) in [6, 6.07) is 5.64. The van der Waals surface area contributed by atoms with Crippen molar-refractivity contribution in [2.45, 2.75) is 56.7 Å². The van der Waals surface area contributed by atoms with Crippen molar-refractivity contribution in [3.63, 3.8) is 0 Å². The van der Waals surface area contributed by atoms with Gasteiger partial charge in [-0.3, -0.25) is 0 Å². The first-order valence-electron chi connectivity index (χ1n) is 8.06. The van der Waals surface area contributed by atoms with Crippen molar-refractivity contribution in [2.75, 3.05) is 6.61 Å². The Morgan fingerprint density at radius 3 is 2.57 bits per heavy atom. The molecule has 0 heterocycles. The molecule has 1 fully saturated rings. The van der Waals surface area contributed by atoms with Gasteiger partial charge in [0.1, 0.15) is 0 Å². The van der Waals surface area contributed by atoms with Crippen LogP contribution in [0.2, 0.25) is 0 Å². The molecule has 0 atom stereocenters. The van der Waals surface area contributed by atoms with Gasteiger partial charge in [0.15, 0.2) is 0 Å². The van der Waals surface area contributed by atoms with E-state index in [2.05, 4.69) is 15.9 Å². The number of hydrogen-bond donors (Lipinski definition) is 0. The van der Waals surface area contributed by atoms with Crippen LogP contribution in [0.4, 0.5) is 8.78 Å². The van der Waals surface area contributed by atoms with E-state index in [1.54, 1.807) is 0 Å². The van der Waals surface area contributed by atoms with Crippen LogP contribution in [0.25, 0.3) is 0 Å². The van der Waals surface area contributed by atoms with E-state index in [9.17, 15) is 13.6 Å². The largest absolute Gasteiger partial charge is 0.462 e. The quantitative estimate of drug-likeness (QED) is 0.478. The van der Waals surface area contributed by atoms with Gasteiger partial charge in [0.25, 0.3) is 0 Å². The summed E-state index contributed by atoms with van der Waals surface area (Å²) >= 11 is 3.41. The standard InChI is InChI=1S/C18H23BrF2O2/c1-12(2)11-23-17(22)16-14(10-19)4-3-5-15(16)13-6-8-18(20,21)9-7-13/h3-5,12-13H,6-11H2,1-2H3. The Morgan fingerprint density at radius 1 is 1.35 bits per heavy atom. The number of hydrogen-bond acceptors (Lipinski definition) is 2. The van der Waals surface area contributed by atoms with Gasteiger partial charge in [-0.05, 0) is 35.8 Å². The summed E-state index contributed by atoms with van der Waals surface area (Å²) in [6.45, 7) is 4.32. The SMILES string of the molecule is CC(C)COC(=O)c1c(CBr)cccc1C1CCC(F)(F)CC1. The maximum Gasteiger partial charge on any atom is 0.338 e. The number of rotatable bonds is 5. The second kappa shape index (κ2) is 7.73. The van der Waals surface area contributed by atoms with E-state index in [1.165, 1.54) is 0 Å². The number of ether oxygens (including phenoxy) is 1. The fourth-order valence-electron chi connectivity index (χ4n) is 2.99. The molecule has 0 aromatic heterocycles. The Kier molecular flexibility index (Phi) is 6.18. The van der Waals surface area contributed by atoms with Crippen LogP contribution in [0.15, 0.2) is 18.2 Å². The molecule has 0 amide bonds. The highest BCUT2D eigenvalue weighted by Gasteiger charge is 2.36. The molecule has 0 bridgehead atoms. The average molecular weight is 389 g/mol. The number of carbonyl (C=O) groups excluding carboxylic acids is 1. The molecule has 2 rings (SSSR count). The Hall–Kier alpha value is -0.970. The third-order valence-corrected chi connectivity index (χ3v) is 4.84. The van der Waals surface area contributed by atoms with Crippen LogP contribution in [0.1, 0.15) is 66.9 Å². The highest BCUT2D eigenvalue weighted by Crippen LogP contribution is 2.42. The molecule has 23 heavy (non-hydrogen) atoms. The van der Waals surface area contributed by atoms with Gasteiger partial charge in [0.05, 0.1) is 12.2 Å². The molecule has 0 aliphatic heterocycles. The Balaban J connectivity index is 2.27. The molecular weight excluding hydrogens is 366 g/mol. The molecule has 0 spiro atoms. The highest BCUT2D eigenvalue weighted by atomic mass is 79.9. The lowest BCUT2D eigenvalue weighted by molar-refractivity contribution is -0.0382. The van der Waals surface area contributed by atoms with Crippen LogP contribution in [0.3, 0.4) is 0 Å². The van der Waals surface area contributed by atoms with Crippen LogP contribution in [0, 0.1) is 5.92 Å². The maximum atomic E-state index is 13.4. The van der Waals surface area contributed by atoms with Crippen molar-refractivity contribution in [1.29, 1.82) is 0 Å². The zero-order valence-corrected chi connectivity index (χ0v) is 15.2. The minimum Gasteiger partial charge on any atom is -0.462 e. The first-order valence-corrected chi connectivity index (χ1v) is 9.19. The van der Waals surface area contributed by atoms with E-state index in [4.69, 9.17) is 4.74 Å². The molecule has 1 aromatic rings. The van der Waals surface area contributed by atoms with Gasteiger partial charge in [0.2, 0.25) is 5.92 Å². The number of alkyl halides is 3. The molecule has 128 valence electrons. The molecule has 5 heteroatoms.